The molecule has 0 atom stereocenters. The third-order valence-corrected chi connectivity index (χ3v) is 2.82. The summed E-state index contributed by atoms with van der Waals surface area (Å²) in [6.07, 6.45) is 5.18. The molecule has 0 bridgehead atoms. The molecule has 0 radical (unpaired) electrons. The van der Waals surface area contributed by atoms with Gasteiger partial charge < -0.3 is 15.2 Å². The van der Waals surface area contributed by atoms with Gasteiger partial charge in [0.2, 0.25) is 0 Å². The minimum Gasteiger partial charge on any atom is -0.349 e. The van der Waals surface area contributed by atoms with E-state index in [4.69, 9.17) is 0 Å². The van der Waals surface area contributed by atoms with Crippen LogP contribution in [0.4, 0.5) is 4.39 Å². The maximum Gasteiger partial charge on any atom is 0.253 e. The highest BCUT2D eigenvalue weighted by molar-refractivity contribution is 5.94. The Morgan fingerprint density at radius 2 is 2.14 bits per heavy atom. The van der Waals surface area contributed by atoms with Crippen LogP contribution >= 0.6 is 0 Å². The molecule has 21 heavy (non-hydrogen) atoms. The van der Waals surface area contributed by atoms with Crippen LogP contribution in [-0.2, 0) is 6.54 Å². The Morgan fingerprint density at radius 3 is 2.71 bits per heavy atom. The van der Waals surface area contributed by atoms with E-state index in [0.29, 0.717) is 30.6 Å². The number of amides is 1. The lowest BCUT2D eigenvalue weighted by molar-refractivity contribution is 0.0919. The lowest BCUT2D eigenvalue weighted by Crippen LogP contribution is -2.40. The van der Waals surface area contributed by atoms with Crippen molar-refractivity contribution in [2.24, 2.45) is 0 Å². The fourth-order valence-electron chi connectivity index (χ4n) is 1.88. The van der Waals surface area contributed by atoms with Gasteiger partial charge in [-0.2, -0.15) is 0 Å². The Morgan fingerprint density at radius 1 is 1.43 bits per heavy atom. The van der Waals surface area contributed by atoms with Crippen molar-refractivity contribution in [3.63, 3.8) is 0 Å². The average molecular weight is 295 g/mol. The van der Waals surface area contributed by atoms with Crippen LogP contribution < -0.4 is 10.6 Å². The van der Waals surface area contributed by atoms with Gasteiger partial charge in [-0.25, -0.2) is 4.39 Å². The third kappa shape index (κ3) is 6.58. The molecule has 0 aliphatic rings. The molecule has 0 saturated carbocycles. The first kappa shape index (κ1) is 17.4. The van der Waals surface area contributed by atoms with Crippen LogP contribution in [0.2, 0.25) is 0 Å². The van der Waals surface area contributed by atoms with Crippen molar-refractivity contribution in [3.8, 4) is 0 Å². The van der Waals surface area contributed by atoms with Crippen LogP contribution in [-0.4, -0.2) is 29.1 Å². The lowest BCUT2D eigenvalue weighted by Gasteiger charge is -2.19. The van der Waals surface area contributed by atoms with E-state index in [9.17, 15) is 9.18 Å². The zero-order valence-electron chi connectivity index (χ0n) is 13.4. The van der Waals surface area contributed by atoms with Gasteiger partial charge in [0.05, 0.1) is 11.9 Å². The molecule has 0 fully saturated rings. The normalized spacial score (nSPS) is 12.5. The number of hydrogen-bond donors (Lipinski definition) is 2. The molecule has 5 heteroatoms. The molecular weight excluding hydrogens is 269 g/mol. The Labute approximate surface area is 126 Å². The van der Waals surface area contributed by atoms with Crippen molar-refractivity contribution in [1.29, 1.82) is 0 Å². The Kier molecular flexibility index (Phi) is 6.62. The summed E-state index contributed by atoms with van der Waals surface area (Å²) in [5.74, 6) is -0.115. The van der Waals surface area contributed by atoms with Gasteiger partial charge in [-0.3, -0.25) is 4.79 Å². The zero-order chi connectivity index (χ0) is 15.9. The minimum absolute atomic E-state index is 0.115. The second-order valence-electron chi connectivity index (χ2n) is 6.22. The van der Waals surface area contributed by atoms with Crippen LogP contribution in [0.15, 0.2) is 30.4 Å². The molecular formula is C16H26FN3O. The summed E-state index contributed by atoms with van der Waals surface area (Å²) < 4.78 is 14.7. The number of halogens is 1. The zero-order valence-corrected chi connectivity index (χ0v) is 13.4. The van der Waals surface area contributed by atoms with Crippen molar-refractivity contribution >= 4 is 5.91 Å². The summed E-state index contributed by atoms with van der Waals surface area (Å²) in [6, 6.07) is 1.75. The number of carbonyl (C=O) groups is 1. The van der Waals surface area contributed by atoms with Crippen molar-refractivity contribution < 1.29 is 9.18 Å². The van der Waals surface area contributed by atoms with E-state index >= 15 is 0 Å². The highest BCUT2D eigenvalue weighted by Gasteiger charge is 2.16. The van der Waals surface area contributed by atoms with E-state index in [2.05, 4.69) is 17.6 Å². The van der Waals surface area contributed by atoms with Gasteiger partial charge in [-0.1, -0.05) is 6.92 Å². The molecule has 0 unspecified atom stereocenters. The van der Waals surface area contributed by atoms with Gasteiger partial charge >= 0.3 is 0 Å². The van der Waals surface area contributed by atoms with Gasteiger partial charge in [0.25, 0.3) is 5.91 Å². The largest absolute Gasteiger partial charge is 0.349 e. The van der Waals surface area contributed by atoms with Crippen LogP contribution in [0, 0.1) is 0 Å². The molecule has 0 saturated heterocycles. The molecule has 0 aliphatic carbocycles. The molecule has 0 aliphatic heterocycles. The average Bonchev–Trinajstić information content (AvgIpc) is 2.84. The number of carbonyl (C=O) groups excluding carboxylic acids is 1. The maximum atomic E-state index is 12.9. The maximum absolute atomic E-state index is 12.9. The predicted octanol–water partition coefficient (Wildman–Crippen LogP) is 2.87. The molecule has 0 aromatic carbocycles. The van der Waals surface area contributed by atoms with E-state index in [-0.39, 0.29) is 11.4 Å². The van der Waals surface area contributed by atoms with Gasteiger partial charge in [0.15, 0.2) is 0 Å². The summed E-state index contributed by atoms with van der Waals surface area (Å²) in [5, 5.41) is 6.07. The summed E-state index contributed by atoms with van der Waals surface area (Å²) >= 11 is 0. The molecule has 1 amide bonds. The van der Waals surface area contributed by atoms with Crippen molar-refractivity contribution in [1.82, 2.24) is 15.2 Å². The van der Waals surface area contributed by atoms with Crippen LogP contribution in [0.25, 0.3) is 0 Å². The van der Waals surface area contributed by atoms with Gasteiger partial charge in [0.1, 0.15) is 0 Å². The van der Waals surface area contributed by atoms with Gasteiger partial charge in [-0.05, 0) is 45.4 Å². The molecule has 1 heterocycles. The fourth-order valence-corrected chi connectivity index (χ4v) is 1.88. The molecule has 1 aromatic rings. The van der Waals surface area contributed by atoms with Gasteiger partial charge in [0, 0.05) is 31.0 Å². The standard InChI is InChI=1S/C16H26FN3O/c1-5-7-18-10-13(9-17)11-20-8-6-14(12-20)15(21)19-16(2,3)4/h6,8-9,12,18H,5,7,10-11H2,1-4H3,(H,19,21)/b13-9+. The predicted molar refractivity (Wildman–Crippen MR) is 84.0 cm³/mol. The van der Waals surface area contributed by atoms with Gasteiger partial charge in [-0.15, -0.1) is 0 Å². The number of nitrogens with zero attached hydrogens (tertiary/aromatic N) is 1. The fraction of sp³-hybridized carbons (Fsp3) is 0.562. The van der Waals surface area contributed by atoms with E-state index in [0.717, 1.165) is 13.0 Å². The molecule has 1 aromatic heterocycles. The highest BCUT2D eigenvalue weighted by atomic mass is 19.1. The van der Waals surface area contributed by atoms with E-state index in [1.54, 1.807) is 18.5 Å². The molecule has 2 N–H and O–H groups in total. The Bertz CT molecular complexity index is 486. The first-order valence-corrected chi connectivity index (χ1v) is 7.33. The van der Waals surface area contributed by atoms with Crippen molar-refractivity contribution in [2.45, 2.75) is 46.2 Å². The second kappa shape index (κ2) is 7.98. The van der Waals surface area contributed by atoms with Crippen molar-refractivity contribution in [3.05, 3.63) is 35.9 Å². The molecule has 4 nitrogen and oxygen atoms in total. The topological polar surface area (TPSA) is 46.1 Å². The minimum atomic E-state index is -0.271. The quantitative estimate of drug-likeness (QED) is 0.760. The first-order chi connectivity index (χ1) is 9.85. The summed E-state index contributed by atoms with van der Waals surface area (Å²) in [4.78, 5) is 12.0. The summed E-state index contributed by atoms with van der Waals surface area (Å²) in [7, 11) is 0. The highest BCUT2D eigenvalue weighted by Crippen LogP contribution is 2.08. The lowest BCUT2D eigenvalue weighted by atomic mass is 10.1. The Balaban J connectivity index is 2.60. The number of hydrogen-bond acceptors (Lipinski definition) is 2. The van der Waals surface area contributed by atoms with Crippen LogP contribution in [0.1, 0.15) is 44.5 Å². The van der Waals surface area contributed by atoms with Crippen LogP contribution in [0.3, 0.4) is 0 Å². The first-order valence-electron chi connectivity index (χ1n) is 7.33. The van der Waals surface area contributed by atoms with Crippen LogP contribution in [0.5, 0.6) is 0 Å². The monoisotopic (exact) mass is 295 g/mol. The van der Waals surface area contributed by atoms with E-state index < -0.39 is 0 Å². The summed E-state index contributed by atoms with van der Waals surface area (Å²) in [6.45, 7) is 9.70. The second-order valence-corrected chi connectivity index (χ2v) is 6.22. The number of aromatic nitrogens is 1. The SMILES string of the molecule is CCCNC/C(=C\F)Cn1ccc(C(=O)NC(C)(C)C)c1. The van der Waals surface area contributed by atoms with E-state index in [1.807, 2.05) is 25.3 Å². The number of nitrogens with one attached hydrogen (secondary N) is 2. The smallest absolute Gasteiger partial charge is 0.253 e. The summed E-state index contributed by atoms with van der Waals surface area (Å²) in [5.41, 5.74) is 0.972. The van der Waals surface area contributed by atoms with Crippen molar-refractivity contribution in [2.75, 3.05) is 13.1 Å². The molecule has 0 spiro atoms. The molecule has 1 rings (SSSR count). The Hall–Kier alpha value is -1.62. The third-order valence-electron chi connectivity index (χ3n) is 2.82. The number of rotatable bonds is 7. The van der Waals surface area contributed by atoms with E-state index in [1.165, 1.54) is 0 Å². The molecule has 118 valence electrons.